The van der Waals surface area contributed by atoms with Crippen molar-refractivity contribution in [3.8, 4) is 5.75 Å². The Morgan fingerprint density at radius 1 is 1.31 bits per heavy atom. The van der Waals surface area contributed by atoms with Crippen LogP contribution in [-0.2, 0) is 13.1 Å². The van der Waals surface area contributed by atoms with Gasteiger partial charge in [0.25, 0.3) is 5.91 Å². The lowest BCUT2D eigenvalue weighted by atomic mass is 10.2. The average Bonchev–Trinajstić information content (AvgIpc) is 3.18. The number of hydrogen-bond acceptors (Lipinski definition) is 4. The molecule has 0 bridgehead atoms. The molecule has 0 spiro atoms. The van der Waals surface area contributed by atoms with E-state index in [0.717, 1.165) is 35.8 Å². The van der Waals surface area contributed by atoms with Gasteiger partial charge in [0, 0.05) is 25.0 Å². The van der Waals surface area contributed by atoms with E-state index < -0.39 is 0 Å². The van der Waals surface area contributed by atoms with E-state index in [9.17, 15) is 4.79 Å². The van der Waals surface area contributed by atoms with E-state index in [1.807, 2.05) is 40.7 Å². The topological polar surface area (TPSA) is 47.4 Å². The molecular weight excluding hydrogens is 346 g/mol. The van der Waals surface area contributed by atoms with Crippen LogP contribution in [0.2, 0.25) is 0 Å². The molecule has 2 heterocycles. The lowest BCUT2D eigenvalue weighted by Gasteiger charge is -2.22. The minimum Gasteiger partial charge on any atom is -0.497 e. The summed E-state index contributed by atoms with van der Waals surface area (Å²) < 4.78 is 7.32. The minimum absolute atomic E-state index is 0.112. The lowest BCUT2D eigenvalue weighted by molar-refractivity contribution is 0.0728. The number of carbonyl (C=O) groups excluding carboxylic acids is 1. The van der Waals surface area contributed by atoms with Crippen molar-refractivity contribution in [2.24, 2.45) is 0 Å². The summed E-state index contributed by atoms with van der Waals surface area (Å²) in [6, 6.07) is 12.2. The fourth-order valence-electron chi connectivity index (χ4n) is 3.01. The van der Waals surface area contributed by atoms with E-state index in [1.165, 1.54) is 16.9 Å². The lowest BCUT2D eigenvalue weighted by Crippen LogP contribution is -2.33. The highest BCUT2D eigenvalue weighted by Crippen LogP contribution is 2.30. The number of imidazole rings is 1. The molecule has 134 valence electrons. The number of benzene rings is 1. The molecule has 0 unspecified atom stereocenters. The van der Waals surface area contributed by atoms with Gasteiger partial charge in [-0.05, 0) is 42.0 Å². The van der Waals surface area contributed by atoms with Gasteiger partial charge in [-0.2, -0.15) is 0 Å². The first-order valence-corrected chi connectivity index (χ1v) is 9.60. The molecule has 0 N–H and O–H groups in total. The van der Waals surface area contributed by atoms with Gasteiger partial charge in [0.2, 0.25) is 0 Å². The number of rotatable bonds is 7. The van der Waals surface area contributed by atoms with E-state index in [1.54, 1.807) is 13.3 Å². The summed E-state index contributed by atoms with van der Waals surface area (Å²) in [6.45, 7) is 1.27. The first-order chi connectivity index (χ1) is 12.7. The van der Waals surface area contributed by atoms with Gasteiger partial charge < -0.3 is 14.2 Å². The Kier molecular flexibility index (Phi) is 4.75. The maximum absolute atomic E-state index is 12.8. The molecule has 4 rings (SSSR count). The Bertz CT molecular complexity index is 867. The van der Waals surface area contributed by atoms with E-state index in [4.69, 9.17) is 4.74 Å². The van der Waals surface area contributed by atoms with Gasteiger partial charge in [-0.1, -0.05) is 18.2 Å². The van der Waals surface area contributed by atoms with Crippen molar-refractivity contribution in [3.63, 3.8) is 0 Å². The van der Waals surface area contributed by atoms with Gasteiger partial charge in [0.05, 0.1) is 18.5 Å². The highest BCUT2D eigenvalue weighted by atomic mass is 32.1. The van der Waals surface area contributed by atoms with Crippen LogP contribution in [0.1, 0.15) is 33.9 Å². The first kappa shape index (κ1) is 16.8. The van der Waals surface area contributed by atoms with Crippen LogP contribution >= 0.6 is 11.3 Å². The number of amides is 1. The molecule has 0 radical (unpaired) electrons. The number of carbonyl (C=O) groups is 1. The molecule has 1 aliphatic rings. The van der Waals surface area contributed by atoms with Crippen molar-refractivity contribution in [1.82, 2.24) is 14.5 Å². The molecule has 1 aromatic carbocycles. The maximum atomic E-state index is 12.8. The largest absolute Gasteiger partial charge is 0.497 e. The SMILES string of the molecule is COc1ccc(Cn2ccnc2CN(C(=O)c2cccs2)C2CC2)cc1. The van der Waals surface area contributed by atoms with Crippen LogP contribution in [-0.4, -0.2) is 33.5 Å². The Balaban J connectivity index is 1.51. The Morgan fingerprint density at radius 2 is 2.12 bits per heavy atom. The molecule has 0 saturated heterocycles. The zero-order valence-corrected chi connectivity index (χ0v) is 15.5. The van der Waals surface area contributed by atoms with Gasteiger partial charge in [-0.3, -0.25) is 4.79 Å². The molecule has 3 aromatic rings. The molecule has 1 saturated carbocycles. The van der Waals surface area contributed by atoms with Crippen molar-refractivity contribution in [2.45, 2.75) is 32.0 Å². The van der Waals surface area contributed by atoms with Gasteiger partial charge in [-0.15, -0.1) is 11.3 Å². The quantitative estimate of drug-likeness (QED) is 0.638. The molecule has 26 heavy (non-hydrogen) atoms. The molecule has 5 nitrogen and oxygen atoms in total. The molecule has 1 aliphatic carbocycles. The molecular formula is C20H21N3O2S. The zero-order chi connectivity index (χ0) is 17.9. The van der Waals surface area contributed by atoms with Crippen molar-refractivity contribution in [3.05, 3.63) is 70.4 Å². The zero-order valence-electron chi connectivity index (χ0n) is 14.7. The summed E-state index contributed by atoms with van der Waals surface area (Å²) in [4.78, 5) is 20.1. The van der Waals surface area contributed by atoms with Crippen molar-refractivity contribution < 1.29 is 9.53 Å². The number of aromatic nitrogens is 2. The van der Waals surface area contributed by atoms with Crippen LogP contribution < -0.4 is 4.74 Å². The maximum Gasteiger partial charge on any atom is 0.264 e. The standard InChI is InChI=1S/C20H21N3O2S/c1-25-17-8-4-15(5-9-17)13-22-11-10-21-19(22)14-23(16-6-7-16)20(24)18-3-2-12-26-18/h2-5,8-12,16H,6-7,13-14H2,1H3. The predicted octanol–water partition coefficient (Wildman–Crippen LogP) is 3.81. The average molecular weight is 367 g/mol. The number of hydrogen-bond donors (Lipinski definition) is 0. The van der Waals surface area contributed by atoms with Crippen LogP contribution in [0.3, 0.4) is 0 Å². The van der Waals surface area contributed by atoms with E-state index in [-0.39, 0.29) is 5.91 Å². The summed E-state index contributed by atoms with van der Waals surface area (Å²) in [5, 5.41) is 1.95. The normalized spacial score (nSPS) is 13.6. The minimum atomic E-state index is 0.112. The summed E-state index contributed by atoms with van der Waals surface area (Å²) in [7, 11) is 1.67. The van der Waals surface area contributed by atoms with E-state index >= 15 is 0 Å². The van der Waals surface area contributed by atoms with E-state index in [0.29, 0.717) is 12.6 Å². The van der Waals surface area contributed by atoms with Gasteiger partial charge in [0.1, 0.15) is 11.6 Å². The Labute approximate surface area is 156 Å². The van der Waals surface area contributed by atoms with Crippen LogP contribution in [0.15, 0.2) is 54.2 Å². The second-order valence-corrected chi connectivity index (χ2v) is 7.41. The van der Waals surface area contributed by atoms with Crippen molar-refractivity contribution in [1.29, 1.82) is 0 Å². The molecule has 6 heteroatoms. The highest BCUT2D eigenvalue weighted by molar-refractivity contribution is 7.12. The molecule has 0 aliphatic heterocycles. The Hall–Kier alpha value is -2.60. The third-order valence-electron chi connectivity index (χ3n) is 4.61. The molecule has 2 aromatic heterocycles. The third-order valence-corrected chi connectivity index (χ3v) is 5.46. The second kappa shape index (κ2) is 7.33. The summed E-state index contributed by atoms with van der Waals surface area (Å²) in [5.74, 6) is 1.88. The van der Waals surface area contributed by atoms with Gasteiger partial charge in [0.15, 0.2) is 0 Å². The fourth-order valence-corrected chi connectivity index (χ4v) is 3.69. The number of nitrogens with zero attached hydrogens (tertiary/aromatic N) is 3. The highest BCUT2D eigenvalue weighted by Gasteiger charge is 2.34. The van der Waals surface area contributed by atoms with Crippen LogP contribution in [0, 0.1) is 0 Å². The summed E-state index contributed by atoms with van der Waals surface area (Å²) in [5.41, 5.74) is 1.17. The third kappa shape index (κ3) is 3.65. The van der Waals surface area contributed by atoms with Gasteiger partial charge >= 0.3 is 0 Å². The van der Waals surface area contributed by atoms with Gasteiger partial charge in [-0.25, -0.2) is 4.98 Å². The predicted molar refractivity (Wildman–Crippen MR) is 102 cm³/mol. The number of thiophene rings is 1. The van der Waals surface area contributed by atoms with E-state index in [2.05, 4.69) is 21.7 Å². The molecule has 1 fully saturated rings. The number of methoxy groups -OCH3 is 1. The van der Waals surface area contributed by atoms with Crippen LogP contribution in [0.5, 0.6) is 5.75 Å². The van der Waals surface area contributed by atoms with Crippen LogP contribution in [0.25, 0.3) is 0 Å². The number of ether oxygens (including phenoxy) is 1. The monoisotopic (exact) mass is 367 g/mol. The molecule has 1 amide bonds. The van der Waals surface area contributed by atoms with Crippen molar-refractivity contribution in [2.75, 3.05) is 7.11 Å². The fraction of sp³-hybridized carbons (Fsp3) is 0.300. The smallest absolute Gasteiger partial charge is 0.264 e. The second-order valence-electron chi connectivity index (χ2n) is 6.46. The Morgan fingerprint density at radius 3 is 2.77 bits per heavy atom. The summed E-state index contributed by atoms with van der Waals surface area (Å²) >= 11 is 1.50. The van der Waals surface area contributed by atoms with Crippen LogP contribution in [0.4, 0.5) is 0 Å². The van der Waals surface area contributed by atoms with Crippen molar-refractivity contribution >= 4 is 17.2 Å². The summed E-state index contributed by atoms with van der Waals surface area (Å²) in [6.07, 6.45) is 5.94. The molecule has 0 atom stereocenters. The first-order valence-electron chi connectivity index (χ1n) is 8.72.